The van der Waals surface area contributed by atoms with Gasteiger partial charge in [-0.3, -0.25) is 14.5 Å². The molecule has 3 saturated heterocycles. The molecule has 0 spiro atoms. The number of aliphatic hydroxyl groups is 1. The van der Waals surface area contributed by atoms with E-state index in [4.69, 9.17) is 5.73 Å². The number of fused-ring (bicyclic) bond motifs is 2. The number of carbonyl (C=O) groups is 2. The number of anilines is 2. The van der Waals surface area contributed by atoms with E-state index >= 15 is 0 Å². The maximum atomic E-state index is 14.4. The molecule has 3 aliphatic rings. The number of para-hydroxylation sites is 1. The summed E-state index contributed by atoms with van der Waals surface area (Å²) in [5.41, 5.74) is 13.3. The molecule has 2 amide bonds. The first-order valence-electron chi connectivity index (χ1n) is 19.3. The molecule has 0 aliphatic carbocycles. The summed E-state index contributed by atoms with van der Waals surface area (Å²) in [6.45, 7) is 15.9. The number of benzene rings is 2. The van der Waals surface area contributed by atoms with E-state index in [1.165, 1.54) is 0 Å². The number of piperazine rings is 1. The Labute approximate surface area is 332 Å². The van der Waals surface area contributed by atoms with Crippen LogP contribution in [0.3, 0.4) is 0 Å². The number of hydrogen-bond acceptors (Lipinski definition) is 12. The number of nitrogens with two attached hydrogens (primary N) is 1. The molecule has 3 fully saturated rings. The predicted molar refractivity (Wildman–Crippen MR) is 220 cm³/mol. The number of likely N-dealkylation sites (tertiary alicyclic amines) is 1. The first-order chi connectivity index (χ1) is 26.7. The second-order valence-electron chi connectivity index (χ2n) is 16.5. The summed E-state index contributed by atoms with van der Waals surface area (Å²) in [4.78, 5) is 39.9. The highest BCUT2D eigenvalue weighted by Crippen LogP contribution is 2.37. The lowest BCUT2D eigenvalue weighted by atomic mass is 9.85. The number of phenols is 1. The molecule has 13 nitrogen and oxygen atoms in total. The fraction of sp³-hybridized carbons (Fsp3) is 0.452. The van der Waals surface area contributed by atoms with Gasteiger partial charge in [-0.15, -0.1) is 21.5 Å². The number of aromatic hydroxyl groups is 1. The van der Waals surface area contributed by atoms with E-state index in [0.29, 0.717) is 42.3 Å². The minimum absolute atomic E-state index is 0.0895. The highest BCUT2D eigenvalue weighted by atomic mass is 32.1. The SMILES string of the molecule is C=C(N[C@@H](C)c1ccc(-c2scnc2C)cc1)[C@@H]1C[C@@H](O)CN1C(=O)[C@@H](NC(=O)CN1C2CCC1CN(c1cc(-c3ccccc3O)nnc1N)C2)C(C)(C)C. The molecule has 56 heavy (non-hydrogen) atoms. The molecule has 2 aromatic carbocycles. The van der Waals surface area contributed by atoms with Crippen molar-refractivity contribution in [2.24, 2.45) is 5.41 Å². The molecule has 296 valence electrons. The first-order valence-corrected chi connectivity index (χ1v) is 20.2. The fourth-order valence-corrected chi connectivity index (χ4v) is 9.26. The number of amides is 2. The molecule has 2 bridgehead atoms. The number of nitrogens with zero attached hydrogens (tertiary/aromatic N) is 6. The van der Waals surface area contributed by atoms with Crippen molar-refractivity contribution < 1.29 is 19.8 Å². The molecule has 2 aromatic heterocycles. The lowest BCUT2D eigenvalue weighted by molar-refractivity contribution is -0.140. The van der Waals surface area contributed by atoms with Gasteiger partial charge in [0.2, 0.25) is 11.8 Å². The molecule has 6 atom stereocenters. The van der Waals surface area contributed by atoms with Crippen LogP contribution < -0.4 is 21.3 Å². The zero-order valence-corrected chi connectivity index (χ0v) is 33.6. The Bertz CT molecular complexity index is 2070. The number of aliphatic hydroxyl groups excluding tert-OH is 1. The second kappa shape index (κ2) is 15.8. The third-order valence-corrected chi connectivity index (χ3v) is 12.5. The number of aromatic nitrogens is 3. The monoisotopic (exact) mass is 779 g/mol. The van der Waals surface area contributed by atoms with E-state index in [0.717, 1.165) is 40.2 Å². The number of aryl methyl sites for hydroxylation is 1. The number of rotatable bonds is 11. The Kier molecular flexibility index (Phi) is 11.1. The number of phenolic OH excluding ortho intramolecular Hbond substituents is 1. The van der Waals surface area contributed by atoms with E-state index in [-0.39, 0.29) is 48.8 Å². The zero-order chi connectivity index (χ0) is 39.9. The third-order valence-electron chi connectivity index (χ3n) is 11.5. The second-order valence-corrected chi connectivity index (χ2v) is 17.4. The van der Waals surface area contributed by atoms with Crippen molar-refractivity contribution in [1.82, 2.24) is 35.6 Å². The van der Waals surface area contributed by atoms with Gasteiger partial charge in [0, 0.05) is 55.4 Å². The Hall–Kier alpha value is -5.05. The molecule has 14 heteroatoms. The van der Waals surface area contributed by atoms with E-state index < -0.39 is 23.6 Å². The van der Waals surface area contributed by atoms with Gasteiger partial charge in [-0.2, -0.15) is 0 Å². The lowest BCUT2D eigenvalue weighted by Gasteiger charge is -2.42. The highest BCUT2D eigenvalue weighted by molar-refractivity contribution is 7.13. The summed E-state index contributed by atoms with van der Waals surface area (Å²) >= 11 is 1.62. The van der Waals surface area contributed by atoms with E-state index in [9.17, 15) is 19.8 Å². The molecule has 4 aromatic rings. The summed E-state index contributed by atoms with van der Waals surface area (Å²) in [6.07, 6.45) is 1.51. The van der Waals surface area contributed by atoms with Gasteiger partial charge in [0.15, 0.2) is 5.82 Å². The van der Waals surface area contributed by atoms with Crippen molar-refractivity contribution in [3.05, 3.63) is 83.6 Å². The average Bonchev–Trinajstić information content (AvgIpc) is 3.83. The van der Waals surface area contributed by atoms with Crippen molar-refractivity contribution in [2.75, 3.05) is 36.8 Å². The predicted octanol–water partition coefficient (Wildman–Crippen LogP) is 4.87. The Morgan fingerprint density at radius 2 is 1.73 bits per heavy atom. The normalized spacial score (nSPS) is 22.2. The lowest BCUT2D eigenvalue weighted by Crippen LogP contribution is -2.60. The Morgan fingerprint density at radius 3 is 2.38 bits per heavy atom. The van der Waals surface area contributed by atoms with Gasteiger partial charge in [-0.05, 0) is 61.4 Å². The summed E-state index contributed by atoms with van der Waals surface area (Å²) < 4.78 is 0. The molecule has 7 rings (SSSR count). The quantitative estimate of drug-likeness (QED) is 0.141. The number of β-amino-alcohol motifs (C(OH)–C–C–N with tert-alkyl or cyclic N) is 1. The number of hydrogen-bond donors (Lipinski definition) is 5. The molecule has 0 saturated carbocycles. The van der Waals surface area contributed by atoms with Crippen molar-refractivity contribution in [3.63, 3.8) is 0 Å². The summed E-state index contributed by atoms with van der Waals surface area (Å²) in [5, 5.41) is 36.3. The largest absolute Gasteiger partial charge is 0.507 e. The minimum atomic E-state index is -0.815. The van der Waals surface area contributed by atoms with E-state index in [2.05, 4.69) is 73.4 Å². The van der Waals surface area contributed by atoms with Gasteiger partial charge < -0.3 is 36.4 Å². The van der Waals surface area contributed by atoms with Gasteiger partial charge in [-0.25, -0.2) is 4.98 Å². The van der Waals surface area contributed by atoms with Gasteiger partial charge in [-0.1, -0.05) is 63.7 Å². The average molecular weight is 780 g/mol. The van der Waals surface area contributed by atoms with Gasteiger partial charge in [0.05, 0.1) is 46.2 Å². The van der Waals surface area contributed by atoms with Crippen LogP contribution in [0.15, 0.2) is 72.4 Å². The van der Waals surface area contributed by atoms with Crippen molar-refractivity contribution in [2.45, 2.75) is 90.2 Å². The molecule has 0 radical (unpaired) electrons. The third kappa shape index (κ3) is 8.09. The number of carbonyl (C=O) groups excluding carboxylic acids is 2. The first kappa shape index (κ1) is 39.2. The molecule has 3 aliphatic heterocycles. The van der Waals surface area contributed by atoms with Crippen molar-refractivity contribution >= 4 is 34.7 Å². The zero-order valence-electron chi connectivity index (χ0n) is 32.8. The highest BCUT2D eigenvalue weighted by Gasteiger charge is 2.45. The van der Waals surface area contributed by atoms with Crippen LogP contribution >= 0.6 is 11.3 Å². The van der Waals surface area contributed by atoms with E-state index in [1.54, 1.807) is 34.4 Å². The van der Waals surface area contributed by atoms with Gasteiger partial charge in [0.1, 0.15) is 11.8 Å². The molecule has 6 N–H and O–H groups in total. The minimum Gasteiger partial charge on any atom is -0.507 e. The van der Waals surface area contributed by atoms with Crippen LogP contribution in [0, 0.1) is 12.3 Å². The number of nitrogens with one attached hydrogen (secondary N) is 2. The van der Waals surface area contributed by atoms with Crippen molar-refractivity contribution in [3.8, 4) is 27.4 Å². The number of nitrogen functional groups attached to an aromatic ring is 1. The van der Waals surface area contributed by atoms with Gasteiger partial charge in [0.25, 0.3) is 0 Å². The maximum Gasteiger partial charge on any atom is 0.246 e. The van der Waals surface area contributed by atoms with Crippen LogP contribution in [0.1, 0.15) is 64.3 Å². The van der Waals surface area contributed by atoms with E-state index in [1.807, 2.05) is 45.3 Å². The summed E-state index contributed by atoms with van der Waals surface area (Å²) in [6, 6.07) is 16.1. The van der Waals surface area contributed by atoms with Crippen LogP contribution in [0.25, 0.3) is 21.7 Å². The van der Waals surface area contributed by atoms with Gasteiger partial charge >= 0.3 is 0 Å². The van der Waals surface area contributed by atoms with Crippen molar-refractivity contribution in [1.29, 1.82) is 0 Å². The van der Waals surface area contributed by atoms with Crippen LogP contribution in [0.5, 0.6) is 5.75 Å². The Balaban J connectivity index is 0.991. The molecular weight excluding hydrogens is 727 g/mol. The molecular formula is C42H53N9O4S. The number of thiazole rings is 1. The van der Waals surface area contributed by atoms with Crippen LogP contribution in [0.2, 0.25) is 0 Å². The smallest absolute Gasteiger partial charge is 0.246 e. The van der Waals surface area contributed by atoms with Crippen LogP contribution in [0.4, 0.5) is 11.5 Å². The molecule has 2 unspecified atom stereocenters. The topological polar surface area (TPSA) is 173 Å². The maximum absolute atomic E-state index is 14.4. The van der Waals surface area contributed by atoms with Crippen LogP contribution in [-0.2, 0) is 9.59 Å². The fourth-order valence-electron chi connectivity index (χ4n) is 8.45. The van der Waals surface area contributed by atoms with Crippen LogP contribution in [-0.4, -0.2) is 103 Å². The summed E-state index contributed by atoms with van der Waals surface area (Å²) in [5.74, 6) is -0.0146. The summed E-state index contributed by atoms with van der Waals surface area (Å²) in [7, 11) is 0. The molecule has 5 heterocycles. The Morgan fingerprint density at radius 1 is 1.04 bits per heavy atom. The standard InChI is InChI=1S/C42H53N9O4S/c1-24(27-11-13-28(14-12-27)38-26(3)44-23-56-38)45-25(2)34-17-31(52)21-51(34)41(55)39(42(4,5)6)46-37(54)22-50-29-15-16-30(50)20-49(19-29)35-18-33(47-48-40(35)43)32-9-7-8-10-36(32)53/h7-14,18,23-24,29-31,34,39,45,52-53H,2,15-17,19-22H2,1,3-6H3,(H2,43,48)(H,46,54)/t24-,29?,30?,31+,34-,39+/m0/s1.